The lowest BCUT2D eigenvalue weighted by Gasteiger charge is -2.38. The van der Waals surface area contributed by atoms with Crippen molar-refractivity contribution in [3.63, 3.8) is 0 Å². The van der Waals surface area contributed by atoms with Crippen molar-refractivity contribution < 1.29 is 4.79 Å². The highest BCUT2D eigenvalue weighted by atomic mass is 32.2. The van der Waals surface area contributed by atoms with Crippen LogP contribution in [-0.4, -0.2) is 52.3 Å². The van der Waals surface area contributed by atoms with Crippen molar-refractivity contribution in [3.8, 4) is 6.07 Å². The second kappa shape index (κ2) is 17.2. The summed E-state index contributed by atoms with van der Waals surface area (Å²) in [4.78, 5) is 34.4. The largest absolute Gasteiger partial charge is 0.350 e. The van der Waals surface area contributed by atoms with Crippen molar-refractivity contribution in [1.29, 1.82) is 5.26 Å². The number of amides is 1. The quantitative estimate of drug-likeness (QED) is 0.173. The van der Waals surface area contributed by atoms with Crippen LogP contribution in [0.3, 0.4) is 0 Å². The molecule has 1 saturated carbocycles. The van der Waals surface area contributed by atoms with E-state index < -0.39 is 6.04 Å². The minimum Gasteiger partial charge on any atom is -0.335 e. The highest BCUT2D eigenvalue weighted by molar-refractivity contribution is 7.98. The van der Waals surface area contributed by atoms with E-state index in [1.54, 1.807) is 16.3 Å². The monoisotopic (exact) mass is 668 g/mol. The number of rotatable bonds is 14. The molecule has 1 aliphatic carbocycles. The number of para-hydroxylation sites is 1. The molecule has 9 heteroatoms. The summed E-state index contributed by atoms with van der Waals surface area (Å²) in [6.07, 6.45) is 11.8. The number of likely N-dealkylation sites (tertiary alicyclic amines) is 1. The van der Waals surface area contributed by atoms with Gasteiger partial charge in [0.05, 0.1) is 11.6 Å². The van der Waals surface area contributed by atoms with Gasteiger partial charge in [0, 0.05) is 23.4 Å². The number of carbonyl (C=O) groups excluding carboxylic acids is 1. The molecule has 2 heterocycles. The Hall–Kier alpha value is -3.61. The number of fused-ring (bicyclic) bond motifs is 1. The zero-order valence-electron chi connectivity index (χ0n) is 28.9. The fourth-order valence-electron chi connectivity index (χ4n) is 7.33. The number of benzene rings is 2. The van der Waals surface area contributed by atoms with Crippen LogP contribution in [0, 0.1) is 28.6 Å². The lowest BCUT2D eigenvalue weighted by atomic mass is 9.67. The average Bonchev–Trinajstić information content (AvgIpc) is 3.12. The van der Waals surface area contributed by atoms with Crippen LogP contribution in [0.1, 0.15) is 77.2 Å². The molecule has 3 aromatic rings. The molecule has 5 rings (SSSR count). The molecule has 1 atom stereocenters. The third-order valence-electron chi connectivity index (χ3n) is 10.8. The highest BCUT2D eigenvalue weighted by Gasteiger charge is 2.32. The first-order valence-corrected chi connectivity index (χ1v) is 19.0. The number of nitrogens with zero attached hydrogens (tertiary/aromatic N) is 4. The van der Waals surface area contributed by atoms with Gasteiger partial charge in [-0.1, -0.05) is 75.2 Å². The Morgan fingerprint density at radius 3 is 2.44 bits per heavy atom. The molecular formula is C39H52N6O2S. The molecule has 0 radical (unpaired) electrons. The summed E-state index contributed by atoms with van der Waals surface area (Å²) in [5.74, 6) is 2.08. The van der Waals surface area contributed by atoms with Gasteiger partial charge in [0.25, 0.3) is 5.91 Å². The lowest BCUT2D eigenvalue weighted by molar-refractivity contribution is -0.117. The summed E-state index contributed by atoms with van der Waals surface area (Å²) in [5, 5.41) is 17.0. The SMILES string of the molecule is CCC1(CC)CCC(/C=C(/Nc2nc(=O)n(CCC3CCN(C)CC3)c3ccccc23)C(=O)NC(C#N)CSCc2ccccc2)CC1. The van der Waals surface area contributed by atoms with E-state index in [-0.39, 0.29) is 17.5 Å². The minimum atomic E-state index is -0.659. The van der Waals surface area contributed by atoms with Crippen LogP contribution in [0.25, 0.3) is 10.9 Å². The minimum absolute atomic E-state index is 0.221. The van der Waals surface area contributed by atoms with Crippen LogP contribution < -0.4 is 16.3 Å². The molecule has 1 amide bonds. The summed E-state index contributed by atoms with van der Waals surface area (Å²) in [5.41, 5.74) is 2.41. The summed E-state index contributed by atoms with van der Waals surface area (Å²) >= 11 is 1.62. The number of carbonyl (C=O) groups is 1. The second-order valence-electron chi connectivity index (χ2n) is 13.9. The molecule has 1 unspecified atom stereocenters. The maximum Gasteiger partial charge on any atom is 0.350 e. The molecule has 48 heavy (non-hydrogen) atoms. The third kappa shape index (κ3) is 9.29. The number of allylic oxidation sites excluding steroid dienone is 1. The topological polar surface area (TPSA) is 103 Å². The summed E-state index contributed by atoms with van der Waals surface area (Å²) < 4.78 is 1.79. The first-order valence-electron chi connectivity index (χ1n) is 17.8. The normalized spacial score (nSPS) is 18.3. The zero-order valence-corrected chi connectivity index (χ0v) is 29.7. The van der Waals surface area contributed by atoms with Crippen molar-refractivity contribution >= 4 is 34.4 Å². The van der Waals surface area contributed by atoms with Gasteiger partial charge in [0.15, 0.2) is 0 Å². The summed E-state index contributed by atoms with van der Waals surface area (Å²) in [6.45, 7) is 7.37. The maximum atomic E-state index is 13.9. The fourth-order valence-corrected chi connectivity index (χ4v) is 8.27. The highest BCUT2D eigenvalue weighted by Crippen LogP contribution is 2.44. The molecule has 2 aliphatic rings. The number of hydrogen-bond donors (Lipinski definition) is 2. The van der Waals surface area contributed by atoms with Crippen LogP contribution in [-0.2, 0) is 17.1 Å². The number of anilines is 1. The van der Waals surface area contributed by atoms with E-state index in [4.69, 9.17) is 0 Å². The maximum absolute atomic E-state index is 13.9. The van der Waals surface area contributed by atoms with Crippen LogP contribution in [0.4, 0.5) is 5.82 Å². The van der Waals surface area contributed by atoms with Crippen LogP contribution in [0.15, 0.2) is 71.2 Å². The molecule has 2 fully saturated rings. The molecule has 0 spiro atoms. The van der Waals surface area contributed by atoms with Crippen LogP contribution in [0.2, 0.25) is 0 Å². The van der Waals surface area contributed by atoms with Gasteiger partial charge in [-0.05, 0) is 100 Å². The molecule has 2 N–H and O–H groups in total. The van der Waals surface area contributed by atoms with Gasteiger partial charge >= 0.3 is 5.69 Å². The van der Waals surface area contributed by atoms with Crippen molar-refractivity contribution in [3.05, 3.63) is 82.4 Å². The fraction of sp³-hybridized carbons (Fsp3) is 0.538. The molecular weight excluding hydrogens is 617 g/mol. The van der Waals surface area contributed by atoms with Crippen LogP contribution in [0.5, 0.6) is 0 Å². The predicted molar refractivity (Wildman–Crippen MR) is 198 cm³/mol. The molecule has 2 aromatic carbocycles. The van der Waals surface area contributed by atoms with Gasteiger partial charge in [0.1, 0.15) is 17.6 Å². The summed E-state index contributed by atoms with van der Waals surface area (Å²) in [6, 6.07) is 19.6. The number of aromatic nitrogens is 2. The van der Waals surface area contributed by atoms with Gasteiger partial charge in [0.2, 0.25) is 0 Å². The van der Waals surface area contributed by atoms with Gasteiger partial charge in [-0.15, -0.1) is 0 Å². The Morgan fingerprint density at radius 2 is 1.75 bits per heavy atom. The number of hydrogen-bond acceptors (Lipinski definition) is 7. The van der Waals surface area contributed by atoms with Gasteiger partial charge in [-0.3, -0.25) is 9.36 Å². The van der Waals surface area contributed by atoms with E-state index in [0.717, 1.165) is 74.7 Å². The smallest absolute Gasteiger partial charge is 0.335 e. The number of aryl methyl sites for hydroxylation is 1. The Bertz CT molecular complexity index is 1630. The molecule has 1 saturated heterocycles. The average molecular weight is 669 g/mol. The van der Waals surface area contributed by atoms with Crippen molar-refractivity contribution in [2.75, 3.05) is 31.2 Å². The van der Waals surface area contributed by atoms with E-state index in [0.29, 0.717) is 35.1 Å². The molecule has 8 nitrogen and oxygen atoms in total. The summed E-state index contributed by atoms with van der Waals surface area (Å²) in [7, 11) is 2.16. The molecule has 1 aliphatic heterocycles. The second-order valence-corrected chi connectivity index (χ2v) is 14.9. The Morgan fingerprint density at radius 1 is 1.06 bits per heavy atom. The van der Waals surface area contributed by atoms with Gasteiger partial charge in [-0.2, -0.15) is 22.0 Å². The van der Waals surface area contributed by atoms with E-state index in [2.05, 4.69) is 59.6 Å². The molecule has 0 bridgehead atoms. The first-order chi connectivity index (χ1) is 23.3. The van der Waals surface area contributed by atoms with Gasteiger partial charge in [-0.25, -0.2) is 4.79 Å². The lowest BCUT2D eigenvalue weighted by Crippen LogP contribution is -2.38. The van der Waals surface area contributed by atoms with Crippen molar-refractivity contribution in [1.82, 2.24) is 19.8 Å². The number of nitrogens with one attached hydrogen (secondary N) is 2. The Kier molecular flexibility index (Phi) is 12.8. The van der Waals surface area contributed by atoms with E-state index >= 15 is 0 Å². The van der Waals surface area contributed by atoms with Crippen molar-refractivity contribution in [2.45, 2.75) is 90.0 Å². The number of thioether (sulfide) groups is 1. The Balaban J connectivity index is 1.37. The first kappa shape index (κ1) is 35.7. The van der Waals surface area contributed by atoms with Crippen molar-refractivity contribution in [2.24, 2.45) is 17.3 Å². The Labute approximate surface area is 290 Å². The zero-order chi connectivity index (χ0) is 33.9. The predicted octanol–water partition coefficient (Wildman–Crippen LogP) is 7.36. The third-order valence-corrected chi connectivity index (χ3v) is 11.9. The molecule has 256 valence electrons. The van der Waals surface area contributed by atoms with E-state index in [1.165, 1.54) is 18.4 Å². The molecule has 1 aromatic heterocycles. The van der Waals surface area contributed by atoms with E-state index in [9.17, 15) is 14.9 Å². The number of nitriles is 1. The van der Waals surface area contributed by atoms with E-state index in [1.807, 2.05) is 48.5 Å². The standard InChI is InChI=1S/C39H52N6O2S/c1-4-39(5-2)20-15-30(16-21-39)25-34(37(46)41-32(26-40)28-48-27-31-11-7-6-8-12-31)42-36-33-13-9-10-14-35(33)45(38(47)43-36)24-19-29-17-22-44(3)23-18-29/h6-14,25,29-30,32H,4-5,15-24,27-28H2,1-3H3,(H,41,46)(H,42,43,47)/b34-25+. The van der Waals surface area contributed by atoms with Gasteiger partial charge < -0.3 is 15.5 Å². The number of piperidine rings is 1. The van der Waals surface area contributed by atoms with Crippen LogP contribution >= 0.6 is 11.8 Å².